The Kier molecular flexibility index (Phi) is 4.32. The predicted molar refractivity (Wildman–Crippen MR) is 58.4 cm³/mol. The van der Waals surface area contributed by atoms with Crippen LogP contribution in [-0.4, -0.2) is 29.8 Å². The summed E-state index contributed by atoms with van der Waals surface area (Å²) in [6.45, 7) is 4.83. The number of aromatic nitrogens is 1. The van der Waals surface area contributed by atoms with Crippen molar-refractivity contribution in [1.82, 2.24) is 4.98 Å². The van der Waals surface area contributed by atoms with E-state index in [1.54, 1.807) is 18.2 Å². The highest BCUT2D eigenvalue weighted by molar-refractivity contribution is 5.42. The Hall–Kier alpha value is -1.86. The SMILES string of the molecule is C=CCN(CCO)c1ccc(C#N)cn1. The first-order valence-corrected chi connectivity index (χ1v) is 4.64. The van der Waals surface area contributed by atoms with Crippen LogP contribution >= 0.6 is 0 Å². The summed E-state index contributed by atoms with van der Waals surface area (Å²) in [5.41, 5.74) is 0.529. The molecule has 1 aromatic rings. The molecule has 0 fully saturated rings. The van der Waals surface area contributed by atoms with E-state index in [-0.39, 0.29) is 6.61 Å². The molecule has 0 atom stereocenters. The molecular formula is C11H13N3O. The Morgan fingerprint density at radius 3 is 2.87 bits per heavy atom. The average Bonchev–Trinajstić information content (AvgIpc) is 2.29. The van der Waals surface area contributed by atoms with Gasteiger partial charge in [0.05, 0.1) is 12.2 Å². The van der Waals surface area contributed by atoms with Gasteiger partial charge in [-0.25, -0.2) is 4.98 Å². The molecule has 0 saturated carbocycles. The molecule has 78 valence electrons. The fraction of sp³-hybridized carbons (Fsp3) is 0.273. The van der Waals surface area contributed by atoms with Crippen LogP contribution in [0.1, 0.15) is 5.56 Å². The highest BCUT2D eigenvalue weighted by Crippen LogP contribution is 2.10. The average molecular weight is 203 g/mol. The van der Waals surface area contributed by atoms with Gasteiger partial charge in [0.1, 0.15) is 11.9 Å². The summed E-state index contributed by atoms with van der Waals surface area (Å²) in [4.78, 5) is 6.01. The lowest BCUT2D eigenvalue weighted by Gasteiger charge is -2.20. The molecule has 0 bridgehead atoms. The summed E-state index contributed by atoms with van der Waals surface area (Å²) < 4.78 is 0. The van der Waals surface area contributed by atoms with Gasteiger partial charge in [-0.05, 0) is 12.1 Å². The van der Waals surface area contributed by atoms with Crippen molar-refractivity contribution in [3.8, 4) is 6.07 Å². The molecule has 4 heteroatoms. The third kappa shape index (κ3) is 3.08. The normalized spacial score (nSPS) is 9.33. The molecule has 0 radical (unpaired) electrons. The fourth-order valence-corrected chi connectivity index (χ4v) is 1.22. The van der Waals surface area contributed by atoms with E-state index in [0.717, 1.165) is 5.82 Å². The van der Waals surface area contributed by atoms with E-state index >= 15 is 0 Å². The zero-order chi connectivity index (χ0) is 11.1. The quantitative estimate of drug-likeness (QED) is 0.723. The molecule has 0 saturated heterocycles. The maximum atomic E-state index is 8.87. The Bertz CT molecular complexity index is 353. The first kappa shape index (κ1) is 11.2. The van der Waals surface area contributed by atoms with Crippen LogP contribution in [0.5, 0.6) is 0 Å². The topological polar surface area (TPSA) is 60.1 Å². The van der Waals surface area contributed by atoms with Crippen LogP contribution in [0.15, 0.2) is 31.0 Å². The second-order valence-corrected chi connectivity index (χ2v) is 2.98. The molecule has 0 amide bonds. The summed E-state index contributed by atoms with van der Waals surface area (Å²) in [5.74, 6) is 0.739. The molecular weight excluding hydrogens is 190 g/mol. The molecule has 0 aliphatic heterocycles. The molecule has 0 aromatic carbocycles. The minimum Gasteiger partial charge on any atom is -0.395 e. The van der Waals surface area contributed by atoms with Gasteiger partial charge in [-0.1, -0.05) is 6.08 Å². The first-order chi connectivity index (χ1) is 7.31. The van der Waals surface area contributed by atoms with E-state index in [0.29, 0.717) is 18.7 Å². The maximum Gasteiger partial charge on any atom is 0.128 e. The Morgan fingerprint density at radius 2 is 2.40 bits per heavy atom. The van der Waals surface area contributed by atoms with E-state index in [9.17, 15) is 0 Å². The number of hydrogen-bond donors (Lipinski definition) is 1. The monoisotopic (exact) mass is 203 g/mol. The number of aliphatic hydroxyl groups excluding tert-OH is 1. The Morgan fingerprint density at radius 1 is 1.60 bits per heavy atom. The molecule has 0 unspecified atom stereocenters. The van der Waals surface area contributed by atoms with Crippen molar-refractivity contribution in [2.45, 2.75) is 0 Å². The van der Waals surface area contributed by atoms with E-state index in [2.05, 4.69) is 11.6 Å². The van der Waals surface area contributed by atoms with E-state index in [4.69, 9.17) is 10.4 Å². The minimum absolute atomic E-state index is 0.0650. The van der Waals surface area contributed by atoms with Crippen LogP contribution in [0, 0.1) is 11.3 Å². The third-order valence-corrected chi connectivity index (χ3v) is 1.92. The highest BCUT2D eigenvalue weighted by atomic mass is 16.3. The summed E-state index contributed by atoms with van der Waals surface area (Å²) in [6, 6.07) is 5.47. The lowest BCUT2D eigenvalue weighted by atomic mass is 10.3. The maximum absolute atomic E-state index is 8.87. The number of pyridine rings is 1. The van der Waals surface area contributed by atoms with Crippen molar-refractivity contribution in [3.63, 3.8) is 0 Å². The van der Waals surface area contributed by atoms with E-state index in [1.807, 2.05) is 11.0 Å². The van der Waals surface area contributed by atoms with Crippen molar-refractivity contribution in [2.75, 3.05) is 24.6 Å². The largest absolute Gasteiger partial charge is 0.395 e. The molecule has 1 rings (SSSR count). The molecule has 1 heterocycles. The number of hydrogen-bond acceptors (Lipinski definition) is 4. The van der Waals surface area contributed by atoms with Gasteiger partial charge in [0.25, 0.3) is 0 Å². The van der Waals surface area contributed by atoms with Gasteiger partial charge in [-0.3, -0.25) is 0 Å². The summed E-state index contributed by atoms with van der Waals surface area (Å²) in [7, 11) is 0. The second kappa shape index (κ2) is 5.78. The van der Waals surface area contributed by atoms with Gasteiger partial charge in [0.2, 0.25) is 0 Å². The zero-order valence-corrected chi connectivity index (χ0v) is 8.43. The minimum atomic E-state index is 0.0650. The van der Waals surface area contributed by atoms with Gasteiger partial charge in [-0.15, -0.1) is 6.58 Å². The summed E-state index contributed by atoms with van der Waals surface area (Å²) in [5, 5.41) is 17.5. The standard InChI is InChI=1S/C11H13N3O/c1-2-5-14(6-7-15)11-4-3-10(8-12)9-13-11/h2-4,9,15H,1,5-7H2. The van der Waals surface area contributed by atoms with Gasteiger partial charge < -0.3 is 10.0 Å². The number of nitrogens with zero attached hydrogens (tertiary/aromatic N) is 3. The molecule has 1 aromatic heterocycles. The predicted octanol–water partition coefficient (Wildman–Crippen LogP) is 0.938. The smallest absolute Gasteiger partial charge is 0.128 e. The molecule has 15 heavy (non-hydrogen) atoms. The summed E-state index contributed by atoms with van der Waals surface area (Å²) >= 11 is 0. The molecule has 1 N–H and O–H groups in total. The van der Waals surface area contributed by atoms with Gasteiger partial charge in [0.15, 0.2) is 0 Å². The molecule has 4 nitrogen and oxygen atoms in total. The van der Waals surface area contributed by atoms with Crippen molar-refractivity contribution >= 4 is 5.82 Å². The van der Waals surface area contributed by atoms with Crippen LogP contribution in [0.4, 0.5) is 5.82 Å². The molecule has 0 aliphatic carbocycles. The number of rotatable bonds is 5. The molecule has 0 spiro atoms. The summed E-state index contributed by atoms with van der Waals surface area (Å²) in [6.07, 6.45) is 3.26. The first-order valence-electron chi connectivity index (χ1n) is 4.64. The van der Waals surface area contributed by atoms with Crippen molar-refractivity contribution in [1.29, 1.82) is 5.26 Å². The van der Waals surface area contributed by atoms with Crippen molar-refractivity contribution in [3.05, 3.63) is 36.5 Å². The van der Waals surface area contributed by atoms with Crippen molar-refractivity contribution in [2.24, 2.45) is 0 Å². The Labute approximate surface area is 89.1 Å². The van der Waals surface area contributed by atoms with Crippen LogP contribution in [0.25, 0.3) is 0 Å². The number of aliphatic hydroxyl groups is 1. The third-order valence-electron chi connectivity index (χ3n) is 1.92. The Balaban J connectivity index is 2.81. The van der Waals surface area contributed by atoms with Crippen molar-refractivity contribution < 1.29 is 5.11 Å². The van der Waals surface area contributed by atoms with Gasteiger partial charge in [-0.2, -0.15) is 5.26 Å². The van der Waals surface area contributed by atoms with Gasteiger partial charge >= 0.3 is 0 Å². The van der Waals surface area contributed by atoms with Crippen LogP contribution in [0.2, 0.25) is 0 Å². The van der Waals surface area contributed by atoms with E-state index in [1.165, 1.54) is 6.20 Å². The fourth-order valence-electron chi connectivity index (χ4n) is 1.22. The van der Waals surface area contributed by atoms with Gasteiger partial charge in [0, 0.05) is 19.3 Å². The zero-order valence-electron chi connectivity index (χ0n) is 8.43. The highest BCUT2D eigenvalue weighted by Gasteiger charge is 2.04. The van der Waals surface area contributed by atoms with E-state index < -0.39 is 0 Å². The lowest BCUT2D eigenvalue weighted by Crippen LogP contribution is -2.27. The number of nitriles is 1. The number of anilines is 1. The second-order valence-electron chi connectivity index (χ2n) is 2.98. The lowest BCUT2D eigenvalue weighted by molar-refractivity contribution is 0.302. The van der Waals surface area contributed by atoms with Crippen LogP contribution in [0.3, 0.4) is 0 Å². The van der Waals surface area contributed by atoms with Crippen LogP contribution < -0.4 is 4.90 Å². The molecule has 0 aliphatic rings. The van der Waals surface area contributed by atoms with Crippen LogP contribution in [-0.2, 0) is 0 Å².